The van der Waals surface area contributed by atoms with E-state index in [1.54, 1.807) is 6.07 Å². The van der Waals surface area contributed by atoms with E-state index >= 15 is 0 Å². The highest BCUT2D eigenvalue weighted by molar-refractivity contribution is 6.03. The summed E-state index contributed by atoms with van der Waals surface area (Å²) < 4.78 is 12.9. The van der Waals surface area contributed by atoms with Crippen molar-refractivity contribution in [3.63, 3.8) is 0 Å². The van der Waals surface area contributed by atoms with Crippen molar-refractivity contribution < 1.29 is 9.18 Å². The van der Waals surface area contributed by atoms with E-state index in [9.17, 15) is 9.18 Å². The number of pyridine rings is 1. The van der Waals surface area contributed by atoms with Crippen LogP contribution in [0.4, 0.5) is 16.0 Å². The second-order valence-corrected chi connectivity index (χ2v) is 6.09. The van der Waals surface area contributed by atoms with Gasteiger partial charge in [-0.2, -0.15) is 0 Å². The van der Waals surface area contributed by atoms with E-state index in [4.69, 9.17) is 0 Å². The van der Waals surface area contributed by atoms with Gasteiger partial charge in [-0.15, -0.1) is 24.8 Å². The number of halogens is 3. The van der Waals surface area contributed by atoms with Crippen molar-refractivity contribution in [2.75, 3.05) is 30.8 Å². The molecule has 0 unspecified atom stereocenters. The fourth-order valence-electron chi connectivity index (χ4n) is 2.74. The van der Waals surface area contributed by atoms with E-state index in [0.717, 1.165) is 31.7 Å². The Bertz CT molecular complexity index is 707. The molecule has 1 amide bonds. The summed E-state index contributed by atoms with van der Waals surface area (Å²) in [4.78, 5) is 18.9. The average Bonchev–Trinajstić information content (AvgIpc) is 2.58. The van der Waals surface area contributed by atoms with Gasteiger partial charge in [-0.05, 0) is 69.4 Å². The van der Waals surface area contributed by atoms with Gasteiger partial charge in [0, 0.05) is 11.6 Å². The smallest absolute Gasteiger partial charge is 0.256 e. The highest BCUT2D eigenvalue weighted by Crippen LogP contribution is 2.16. The number of likely N-dealkylation sites (tertiary alicyclic amines) is 1. The van der Waals surface area contributed by atoms with Crippen LogP contribution < -0.4 is 10.6 Å². The van der Waals surface area contributed by atoms with Gasteiger partial charge in [0.2, 0.25) is 0 Å². The van der Waals surface area contributed by atoms with Crippen LogP contribution in [0.1, 0.15) is 23.2 Å². The molecule has 1 aliphatic heterocycles. The number of aromatic nitrogens is 1. The standard InChI is InChI=1S/C18H21FN4O.2ClH/c1-23-11-9-15(10-12-23)20-16-3-2-4-17(21-16)22-18(24)13-5-7-14(19)8-6-13;;/h2-8,15H,9-12H2,1H3,(H2,20,21,22,24);2*1H. The fourth-order valence-corrected chi connectivity index (χ4v) is 2.74. The van der Waals surface area contributed by atoms with E-state index in [0.29, 0.717) is 17.4 Å². The molecular weight excluding hydrogens is 378 g/mol. The van der Waals surface area contributed by atoms with E-state index in [-0.39, 0.29) is 36.5 Å². The third kappa shape index (κ3) is 6.12. The van der Waals surface area contributed by atoms with E-state index < -0.39 is 0 Å². The molecule has 2 aromatic rings. The topological polar surface area (TPSA) is 57.3 Å². The highest BCUT2D eigenvalue weighted by Gasteiger charge is 2.16. The lowest BCUT2D eigenvalue weighted by Gasteiger charge is -2.29. The number of benzene rings is 1. The van der Waals surface area contributed by atoms with Gasteiger partial charge < -0.3 is 15.5 Å². The van der Waals surface area contributed by atoms with Gasteiger partial charge >= 0.3 is 0 Å². The molecule has 8 heteroatoms. The molecule has 0 aliphatic carbocycles. The number of hydrogen-bond acceptors (Lipinski definition) is 4. The number of hydrogen-bond donors (Lipinski definition) is 2. The van der Waals surface area contributed by atoms with Crippen molar-refractivity contribution in [2.24, 2.45) is 0 Å². The number of anilines is 2. The first kappa shape index (κ1) is 22.2. The molecule has 1 aliphatic rings. The molecule has 1 fully saturated rings. The molecule has 5 nitrogen and oxygen atoms in total. The summed E-state index contributed by atoms with van der Waals surface area (Å²) in [5.74, 6) is 0.552. The Morgan fingerprint density at radius 2 is 1.69 bits per heavy atom. The Morgan fingerprint density at radius 1 is 1.08 bits per heavy atom. The summed E-state index contributed by atoms with van der Waals surface area (Å²) in [6.45, 7) is 2.14. The number of carbonyl (C=O) groups is 1. The van der Waals surface area contributed by atoms with Crippen molar-refractivity contribution >= 4 is 42.4 Å². The Balaban J connectivity index is 0.00000169. The summed E-state index contributed by atoms with van der Waals surface area (Å²) >= 11 is 0. The van der Waals surface area contributed by atoms with E-state index in [2.05, 4.69) is 27.6 Å². The molecule has 2 heterocycles. The van der Waals surface area contributed by atoms with Crippen LogP contribution in [0.25, 0.3) is 0 Å². The molecular formula is C18H23Cl2FN4O. The zero-order chi connectivity index (χ0) is 16.9. The first-order chi connectivity index (χ1) is 11.6. The number of nitrogens with zero attached hydrogens (tertiary/aromatic N) is 2. The van der Waals surface area contributed by atoms with Gasteiger partial charge in [-0.3, -0.25) is 4.79 Å². The number of amides is 1. The molecule has 0 saturated carbocycles. The molecule has 1 saturated heterocycles. The summed E-state index contributed by atoms with van der Waals surface area (Å²) in [5.41, 5.74) is 0.395. The summed E-state index contributed by atoms with van der Waals surface area (Å²) in [6, 6.07) is 11.3. The van der Waals surface area contributed by atoms with Crippen LogP contribution in [-0.2, 0) is 0 Å². The maximum absolute atomic E-state index is 12.9. The summed E-state index contributed by atoms with van der Waals surface area (Å²) in [7, 11) is 2.13. The van der Waals surface area contributed by atoms with Crippen LogP contribution in [-0.4, -0.2) is 42.0 Å². The monoisotopic (exact) mass is 400 g/mol. The molecule has 0 atom stereocenters. The Hall–Kier alpha value is -1.89. The van der Waals surface area contributed by atoms with Gasteiger partial charge in [0.25, 0.3) is 5.91 Å². The predicted octanol–water partition coefficient (Wildman–Crippen LogP) is 3.82. The van der Waals surface area contributed by atoms with Crippen molar-refractivity contribution in [2.45, 2.75) is 18.9 Å². The quantitative estimate of drug-likeness (QED) is 0.818. The molecule has 1 aromatic carbocycles. The lowest BCUT2D eigenvalue weighted by atomic mass is 10.1. The van der Waals surface area contributed by atoms with Crippen molar-refractivity contribution in [1.29, 1.82) is 0 Å². The molecule has 0 bridgehead atoms. The summed E-state index contributed by atoms with van der Waals surface area (Å²) in [6.07, 6.45) is 2.15. The zero-order valence-electron chi connectivity index (χ0n) is 14.4. The predicted molar refractivity (Wildman–Crippen MR) is 107 cm³/mol. The average molecular weight is 401 g/mol. The van der Waals surface area contributed by atoms with Gasteiger partial charge in [-0.1, -0.05) is 6.07 Å². The minimum absolute atomic E-state index is 0. The van der Waals surface area contributed by atoms with Crippen LogP contribution in [0.15, 0.2) is 42.5 Å². The highest BCUT2D eigenvalue weighted by atomic mass is 35.5. The van der Waals surface area contributed by atoms with Crippen LogP contribution >= 0.6 is 24.8 Å². The second-order valence-electron chi connectivity index (χ2n) is 6.09. The fraction of sp³-hybridized carbons (Fsp3) is 0.333. The van der Waals surface area contributed by atoms with Crippen LogP contribution in [0.5, 0.6) is 0 Å². The lowest BCUT2D eigenvalue weighted by Crippen LogP contribution is -2.36. The number of piperidine rings is 1. The summed E-state index contributed by atoms with van der Waals surface area (Å²) in [5, 5.41) is 6.17. The molecule has 0 radical (unpaired) electrons. The zero-order valence-corrected chi connectivity index (χ0v) is 16.1. The number of rotatable bonds is 4. The molecule has 1 aromatic heterocycles. The van der Waals surface area contributed by atoms with Gasteiger partial charge in [0.1, 0.15) is 17.5 Å². The third-order valence-corrected chi connectivity index (χ3v) is 4.17. The van der Waals surface area contributed by atoms with Gasteiger partial charge in [0.05, 0.1) is 0 Å². The SMILES string of the molecule is CN1CCC(Nc2cccc(NC(=O)c3ccc(F)cc3)n2)CC1.Cl.Cl. The Kier molecular flexibility index (Phi) is 8.78. The normalized spacial score (nSPS) is 14.7. The van der Waals surface area contributed by atoms with Crippen molar-refractivity contribution in [1.82, 2.24) is 9.88 Å². The first-order valence-corrected chi connectivity index (χ1v) is 8.09. The molecule has 2 N–H and O–H groups in total. The van der Waals surface area contributed by atoms with Gasteiger partial charge in [0.15, 0.2) is 0 Å². The van der Waals surface area contributed by atoms with Crippen molar-refractivity contribution in [3.8, 4) is 0 Å². The molecule has 3 rings (SSSR count). The van der Waals surface area contributed by atoms with Gasteiger partial charge in [-0.25, -0.2) is 9.37 Å². The Morgan fingerprint density at radius 3 is 2.35 bits per heavy atom. The minimum atomic E-state index is -0.367. The second kappa shape index (κ2) is 10.3. The molecule has 26 heavy (non-hydrogen) atoms. The van der Waals surface area contributed by atoms with E-state index in [1.165, 1.54) is 24.3 Å². The third-order valence-electron chi connectivity index (χ3n) is 4.17. The van der Waals surface area contributed by atoms with E-state index in [1.807, 2.05) is 12.1 Å². The first-order valence-electron chi connectivity index (χ1n) is 8.09. The molecule has 0 spiro atoms. The minimum Gasteiger partial charge on any atom is -0.367 e. The number of nitrogens with one attached hydrogen (secondary N) is 2. The van der Waals surface area contributed by atoms with Crippen LogP contribution in [0.2, 0.25) is 0 Å². The number of carbonyl (C=O) groups excluding carboxylic acids is 1. The maximum Gasteiger partial charge on any atom is 0.256 e. The largest absolute Gasteiger partial charge is 0.367 e. The van der Waals surface area contributed by atoms with Crippen LogP contribution in [0, 0.1) is 5.82 Å². The van der Waals surface area contributed by atoms with Crippen LogP contribution in [0.3, 0.4) is 0 Å². The Labute approximate surface area is 165 Å². The maximum atomic E-state index is 12.9. The van der Waals surface area contributed by atoms with Crippen molar-refractivity contribution in [3.05, 3.63) is 53.8 Å². The molecule has 142 valence electrons. The lowest BCUT2D eigenvalue weighted by molar-refractivity contribution is 0.102.